The molecular weight excluding hydrogens is 389 g/mol. The fourth-order valence-corrected chi connectivity index (χ4v) is 4.74. The van der Waals surface area contributed by atoms with Crippen molar-refractivity contribution in [2.75, 3.05) is 5.32 Å². The third-order valence-electron chi connectivity index (χ3n) is 5.29. The number of fused-ring (bicyclic) bond motifs is 2. The molecule has 0 aliphatic heterocycles. The maximum absolute atomic E-state index is 13.5. The van der Waals surface area contributed by atoms with Gasteiger partial charge in [-0.05, 0) is 43.2 Å². The summed E-state index contributed by atoms with van der Waals surface area (Å²) < 4.78 is 20.5. The molecule has 0 amide bonds. The van der Waals surface area contributed by atoms with Crippen LogP contribution in [0.3, 0.4) is 0 Å². The molecule has 0 unspecified atom stereocenters. The predicted octanol–water partition coefficient (Wildman–Crippen LogP) is 5.49. The van der Waals surface area contributed by atoms with Crippen LogP contribution in [0.2, 0.25) is 0 Å². The molecule has 5 nitrogen and oxygen atoms in total. The molecule has 0 bridgehead atoms. The first-order valence-corrected chi connectivity index (χ1v) is 10.5. The molecule has 1 saturated carbocycles. The minimum absolute atomic E-state index is 0.0589. The first-order valence-electron chi connectivity index (χ1n) is 9.73. The predicted molar refractivity (Wildman–Crippen MR) is 113 cm³/mol. The van der Waals surface area contributed by atoms with E-state index in [2.05, 4.69) is 15.3 Å². The van der Waals surface area contributed by atoms with E-state index in [0.717, 1.165) is 46.4 Å². The third kappa shape index (κ3) is 3.75. The van der Waals surface area contributed by atoms with Crippen LogP contribution in [0.5, 0.6) is 11.5 Å². The number of aliphatic hydroxyl groups is 1. The number of nitrogens with zero attached hydrogens (tertiary/aromatic N) is 2. The van der Waals surface area contributed by atoms with Gasteiger partial charge in [0.2, 0.25) is 0 Å². The van der Waals surface area contributed by atoms with Crippen molar-refractivity contribution in [3.05, 3.63) is 54.5 Å². The van der Waals surface area contributed by atoms with E-state index in [1.165, 1.54) is 12.1 Å². The quantitative estimate of drug-likeness (QED) is 0.466. The number of rotatable bonds is 4. The van der Waals surface area contributed by atoms with E-state index < -0.39 is 0 Å². The maximum Gasteiger partial charge on any atom is 0.184 e. The molecule has 7 heteroatoms. The van der Waals surface area contributed by atoms with E-state index >= 15 is 0 Å². The molecule has 2 heterocycles. The summed E-state index contributed by atoms with van der Waals surface area (Å²) >= 11 is 1.55. The van der Waals surface area contributed by atoms with E-state index in [9.17, 15) is 9.50 Å². The zero-order valence-corrected chi connectivity index (χ0v) is 16.5. The lowest BCUT2D eigenvalue weighted by Gasteiger charge is -2.27. The number of aromatic nitrogens is 2. The molecular formula is C22H20FN3O2S. The van der Waals surface area contributed by atoms with Crippen LogP contribution in [-0.2, 0) is 0 Å². The van der Waals surface area contributed by atoms with Gasteiger partial charge in [-0.3, -0.25) is 4.98 Å². The van der Waals surface area contributed by atoms with Crippen LogP contribution in [0.15, 0.2) is 48.7 Å². The summed E-state index contributed by atoms with van der Waals surface area (Å²) in [7, 11) is 0. The second-order valence-electron chi connectivity index (χ2n) is 7.32. The Morgan fingerprint density at radius 3 is 2.86 bits per heavy atom. The van der Waals surface area contributed by atoms with Crippen molar-refractivity contribution < 1.29 is 14.2 Å². The van der Waals surface area contributed by atoms with E-state index in [0.29, 0.717) is 17.0 Å². The second kappa shape index (κ2) is 7.57. The number of ether oxygens (including phenoxy) is 1. The Bertz CT molecular complexity index is 1180. The van der Waals surface area contributed by atoms with Crippen molar-refractivity contribution in [2.24, 2.45) is 0 Å². The van der Waals surface area contributed by atoms with Gasteiger partial charge in [-0.2, -0.15) is 0 Å². The van der Waals surface area contributed by atoms with Crippen molar-refractivity contribution >= 4 is 37.6 Å². The van der Waals surface area contributed by atoms with Gasteiger partial charge in [0.15, 0.2) is 5.13 Å². The number of pyridine rings is 1. The van der Waals surface area contributed by atoms with Crippen LogP contribution in [-0.4, -0.2) is 27.2 Å². The van der Waals surface area contributed by atoms with Gasteiger partial charge in [0, 0.05) is 23.7 Å². The molecule has 0 radical (unpaired) electrons. The molecule has 0 saturated heterocycles. The molecule has 1 fully saturated rings. The summed E-state index contributed by atoms with van der Waals surface area (Å²) in [5, 5.41) is 15.1. The van der Waals surface area contributed by atoms with Crippen molar-refractivity contribution in [3.8, 4) is 11.5 Å². The number of nitrogens with one attached hydrogen (secondary N) is 1. The number of aliphatic hydroxyl groups excluding tert-OH is 1. The number of benzene rings is 2. The Morgan fingerprint density at radius 2 is 1.97 bits per heavy atom. The minimum atomic E-state index is -0.323. The van der Waals surface area contributed by atoms with Crippen LogP contribution in [0.4, 0.5) is 9.52 Å². The molecule has 1 aliphatic carbocycles. The van der Waals surface area contributed by atoms with Gasteiger partial charge in [-0.1, -0.05) is 24.2 Å². The first kappa shape index (κ1) is 18.3. The number of hydrogen-bond donors (Lipinski definition) is 2. The zero-order chi connectivity index (χ0) is 19.8. The highest BCUT2D eigenvalue weighted by molar-refractivity contribution is 7.22. The SMILES string of the molecule is O[C@@H]1CCCC[C@H]1Nc1nc2ccc(Oc3ccnc4cc(F)ccc34)cc2s1. The monoisotopic (exact) mass is 409 g/mol. The van der Waals surface area contributed by atoms with E-state index in [1.54, 1.807) is 29.7 Å². The van der Waals surface area contributed by atoms with Gasteiger partial charge in [-0.15, -0.1) is 0 Å². The van der Waals surface area contributed by atoms with Gasteiger partial charge >= 0.3 is 0 Å². The van der Waals surface area contributed by atoms with Crippen molar-refractivity contribution in [1.29, 1.82) is 0 Å². The number of thiazole rings is 1. The maximum atomic E-state index is 13.5. The smallest absolute Gasteiger partial charge is 0.184 e. The molecule has 148 valence electrons. The van der Waals surface area contributed by atoms with Crippen LogP contribution >= 0.6 is 11.3 Å². The summed E-state index contributed by atoms with van der Waals surface area (Å²) in [6.45, 7) is 0. The number of halogens is 1. The summed E-state index contributed by atoms with van der Waals surface area (Å²) in [5.74, 6) is 0.987. The van der Waals surface area contributed by atoms with Crippen molar-refractivity contribution in [3.63, 3.8) is 0 Å². The molecule has 1 aliphatic rings. The normalized spacial score (nSPS) is 19.5. The average molecular weight is 409 g/mol. The van der Waals surface area contributed by atoms with E-state index in [1.807, 2.05) is 18.2 Å². The topological polar surface area (TPSA) is 67.3 Å². The van der Waals surface area contributed by atoms with E-state index in [4.69, 9.17) is 4.74 Å². The van der Waals surface area contributed by atoms with Crippen LogP contribution in [0.25, 0.3) is 21.1 Å². The summed E-state index contributed by atoms with van der Waals surface area (Å²) in [5.41, 5.74) is 1.44. The van der Waals surface area contributed by atoms with Crippen molar-refractivity contribution in [2.45, 2.75) is 37.8 Å². The van der Waals surface area contributed by atoms with Crippen LogP contribution in [0, 0.1) is 5.82 Å². The molecule has 2 atom stereocenters. The fourth-order valence-electron chi connectivity index (χ4n) is 3.78. The lowest BCUT2D eigenvalue weighted by Crippen LogP contribution is -2.36. The highest BCUT2D eigenvalue weighted by Crippen LogP contribution is 2.34. The standard InChI is InChI=1S/C22H20FN3O2S/c23-13-5-7-15-18(11-13)24-10-9-20(15)28-14-6-8-17-21(12-14)29-22(26-17)25-16-3-1-2-4-19(16)27/h5-12,16,19,27H,1-4H2,(H,25,26)/t16-,19-/m1/s1. The lowest BCUT2D eigenvalue weighted by molar-refractivity contribution is 0.116. The lowest BCUT2D eigenvalue weighted by atomic mass is 9.93. The molecule has 5 rings (SSSR count). The second-order valence-corrected chi connectivity index (χ2v) is 8.35. The molecule has 0 spiro atoms. The first-order chi connectivity index (χ1) is 14.2. The fraction of sp³-hybridized carbons (Fsp3) is 0.273. The Morgan fingerprint density at radius 1 is 1.07 bits per heavy atom. The van der Waals surface area contributed by atoms with Gasteiger partial charge in [0.1, 0.15) is 17.3 Å². The molecule has 2 aromatic heterocycles. The highest BCUT2D eigenvalue weighted by Gasteiger charge is 2.23. The number of hydrogen-bond acceptors (Lipinski definition) is 6. The van der Waals surface area contributed by atoms with E-state index in [-0.39, 0.29) is 18.0 Å². The largest absolute Gasteiger partial charge is 0.457 e. The van der Waals surface area contributed by atoms with Crippen molar-refractivity contribution in [1.82, 2.24) is 9.97 Å². The molecule has 4 aromatic rings. The van der Waals surface area contributed by atoms with Gasteiger partial charge < -0.3 is 15.2 Å². The van der Waals surface area contributed by atoms with Gasteiger partial charge in [-0.25, -0.2) is 9.37 Å². The van der Waals surface area contributed by atoms with Gasteiger partial charge in [0.25, 0.3) is 0 Å². The minimum Gasteiger partial charge on any atom is -0.457 e. The molecule has 29 heavy (non-hydrogen) atoms. The van der Waals surface area contributed by atoms with Crippen LogP contribution < -0.4 is 10.1 Å². The van der Waals surface area contributed by atoms with Gasteiger partial charge in [0.05, 0.1) is 27.9 Å². The molecule has 2 N–H and O–H groups in total. The average Bonchev–Trinajstić information content (AvgIpc) is 3.11. The summed E-state index contributed by atoms with van der Waals surface area (Å²) in [4.78, 5) is 8.84. The number of anilines is 1. The Balaban J connectivity index is 1.40. The summed E-state index contributed by atoms with van der Waals surface area (Å²) in [6.07, 6.45) is 5.29. The third-order valence-corrected chi connectivity index (χ3v) is 6.24. The highest BCUT2D eigenvalue weighted by atomic mass is 32.1. The Kier molecular flexibility index (Phi) is 4.77. The summed E-state index contributed by atoms with van der Waals surface area (Å²) in [6, 6.07) is 12.1. The molecule has 2 aromatic carbocycles. The Hall–Kier alpha value is -2.77. The Labute approximate surface area is 171 Å². The van der Waals surface area contributed by atoms with Crippen LogP contribution in [0.1, 0.15) is 25.7 Å². The zero-order valence-electron chi connectivity index (χ0n) is 15.6.